The SMILES string of the molecule is CCOC(=O)c1[se]c2cccc(OCOC)c2c1I. The molecule has 19 heavy (non-hydrogen) atoms. The van der Waals surface area contributed by atoms with Gasteiger partial charge in [0.15, 0.2) is 0 Å². The molecule has 1 heterocycles. The molecule has 0 atom stereocenters. The van der Waals surface area contributed by atoms with Crippen LogP contribution in [0.3, 0.4) is 0 Å². The van der Waals surface area contributed by atoms with E-state index >= 15 is 0 Å². The van der Waals surface area contributed by atoms with Gasteiger partial charge in [0, 0.05) is 0 Å². The average Bonchev–Trinajstić information content (AvgIpc) is 2.75. The van der Waals surface area contributed by atoms with Crippen molar-refractivity contribution in [3.63, 3.8) is 0 Å². The molecule has 0 aliphatic carbocycles. The summed E-state index contributed by atoms with van der Waals surface area (Å²) in [5.74, 6) is 0.533. The number of rotatable bonds is 5. The van der Waals surface area contributed by atoms with Gasteiger partial charge in [-0.1, -0.05) is 0 Å². The summed E-state index contributed by atoms with van der Waals surface area (Å²) in [7, 11) is 1.58. The van der Waals surface area contributed by atoms with Crippen LogP contribution in [0.4, 0.5) is 0 Å². The van der Waals surface area contributed by atoms with Crippen LogP contribution in [0.15, 0.2) is 18.2 Å². The van der Waals surface area contributed by atoms with Crippen LogP contribution in [-0.2, 0) is 9.47 Å². The zero-order chi connectivity index (χ0) is 13.8. The first kappa shape index (κ1) is 14.8. The second-order valence-electron chi connectivity index (χ2n) is 3.65. The van der Waals surface area contributed by atoms with Gasteiger partial charge >= 0.3 is 131 Å². The molecule has 0 aliphatic heterocycles. The number of hydrogen-bond acceptors (Lipinski definition) is 4. The van der Waals surface area contributed by atoms with E-state index in [0.717, 1.165) is 23.4 Å². The summed E-state index contributed by atoms with van der Waals surface area (Å²) in [5.41, 5.74) is 0. The van der Waals surface area contributed by atoms with Gasteiger partial charge < -0.3 is 0 Å². The van der Waals surface area contributed by atoms with Crippen LogP contribution in [0.25, 0.3) is 9.65 Å². The van der Waals surface area contributed by atoms with Crippen LogP contribution in [0.5, 0.6) is 5.75 Å². The minimum absolute atomic E-state index is 0.0233. The number of ether oxygens (including phenoxy) is 3. The minimum atomic E-state index is -0.221. The Morgan fingerprint density at radius 2 is 2.21 bits per heavy atom. The van der Waals surface area contributed by atoms with Gasteiger partial charge in [0.25, 0.3) is 0 Å². The summed E-state index contributed by atoms with van der Waals surface area (Å²) in [6.45, 7) is 2.40. The van der Waals surface area contributed by atoms with E-state index in [1.54, 1.807) is 7.11 Å². The second kappa shape index (κ2) is 6.74. The number of carbonyl (C=O) groups excluding carboxylic acids is 1. The van der Waals surface area contributed by atoms with Gasteiger partial charge in [-0.05, 0) is 0 Å². The fourth-order valence-corrected chi connectivity index (χ4v) is 5.52. The van der Waals surface area contributed by atoms with E-state index in [4.69, 9.17) is 14.2 Å². The first-order valence-corrected chi connectivity index (χ1v) is 8.48. The maximum atomic E-state index is 11.9. The van der Waals surface area contributed by atoms with Gasteiger partial charge in [-0.2, -0.15) is 0 Å². The van der Waals surface area contributed by atoms with Gasteiger partial charge in [0.1, 0.15) is 0 Å². The fraction of sp³-hybridized carbons (Fsp3) is 0.308. The standard InChI is InChI=1S/C13H13IO4Se/c1-3-17-13(15)12-11(14)10-8(18-7-16-2)5-4-6-9(10)19-12/h4-6H,3,7H2,1-2H3. The Kier molecular flexibility index (Phi) is 5.27. The Balaban J connectivity index is 2.48. The average molecular weight is 439 g/mol. The zero-order valence-electron chi connectivity index (χ0n) is 10.6. The predicted octanol–water partition coefficient (Wildman–Crippen LogP) is 2.66. The molecular weight excluding hydrogens is 426 g/mol. The number of methoxy groups -OCH3 is 1. The molecule has 0 saturated heterocycles. The molecule has 1 aromatic carbocycles. The molecule has 1 aromatic heterocycles. The summed E-state index contributed by atoms with van der Waals surface area (Å²) in [4.78, 5) is 11.9. The molecule has 0 spiro atoms. The van der Waals surface area contributed by atoms with E-state index in [0.29, 0.717) is 6.61 Å². The van der Waals surface area contributed by atoms with E-state index in [1.807, 2.05) is 25.1 Å². The topological polar surface area (TPSA) is 44.8 Å². The number of benzene rings is 1. The Bertz CT molecular complexity index is 594. The van der Waals surface area contributed by atoms with E-state index in [1.165, 1.54) is 0 Å². The first-order chi connectivity index (χ1) is 9.19. The van der Waals surface area contributed by atoms with Gasteiger partial charge in [-0.25, -0.2) is 0 Å². The van der Waals surface area contributed by atoms with Crippen LogP contribution in [-0.4, -0.2) is 41.0 Å². The molecule has 4 nitrogen and oxygen atoms in total. The van der Waals surface area contributed by atoms with Crippen LogP contribution < -0.4 is 4.74 Å². The molecule has 102 valence electrons. The summed E-state index contributed by atoms with van der Waals surface area (Å²) in [6.07, 6.45) is 0. The summed E-state index contributed by atoms with van der Waals surface area (Å²) >= 11 is 2.17. The Hall–Kier alpha value is -0.561. The third-order valence-electron chi connectivity index (χ3n) is 2.41. The molecule has 0 aliphatic rings. The van der Waals surface area contributed by atoms with Crippen molar-refractivity contribution in [3.8, 4) is 5.75 Å². The van der Waals surface area contributed by atoms with Crippen molar-refractivity contribution < 1.29 is 19.0 Å². The first-order valence-electron chi connectivity index (χ1n) is 5.69. The number of esters is 1. The van der Waals surface area contributed by atoms with Crippen LogP contribution >= 0.6 is 22.6 Å². The van der Waals surface area contributed by atoms with Gasteiger partial charge in [0.2, 0.25) is 0 Å². The quantitative estimate of drug-likeness (QED) is 0.311. The normalized spacial score (nSPS) is 10.7. The van der Waals surface area contributed by atoms with Gasteiger partial charge in [-0.15, -0.1) is 0 Å². The second-order valence-corrected chi connectivity index (χ2v) is 6.93. The molecule has 0 N–H and O–H groups in total. The molecule has 0 radical (unpaired) electrons. The number of fused-ring (bicyclic) bond motifs is 1. The molecule has 0 amide bonds. The molecule has 0 fully saturated rings. The molecule has 6 heteroatoms. The maximum absolute atomic E-state index is 11.9. The number of hydrogen-bond donors (Lipinski definition) is 0. The molecule has 2 aromatic rings. The van der Waals surface area contributed by atoms with E-state index in [9.17, 15) is 4.79 Å². The summed E-state index contributed by atoms with van der Waals surface area (Å²) in [5, 5.41) is 1.00. The van der Waals surface area contributed by atoms with Crippen molar-refractivity contribution in [2.24, 2.45) is 0 Å². The van der Waals surface area contributed by atoms with Crippen LogP contribution in [0.1, 0.15) is 16.2 Å². The number of carbonyl (C=O) groups is 1. The molecule has 0 saturated carbocycles. The van der Waals surface area contributed by atoms with Crippen molar-refractivity contribution in [3.05, 3.63) is 26.2 Å². The number of halogens is 1. The third kappa shape index (κ3) is 3.13. The van der Waals surface area contributed by atoms with Crippen molar-refractivity contribution in [2.75, 3.05) is 20.5 Å². The molecule has 2 rings (SSSR count). The van der Waals surface area contributed by atoms with Crippen LogP contribution in [0, 0.1) is 3.57 Å². The summed E-state index contributed by atoms with van der Waals surface area (Å²) in [6, 6.07) is 5.85. The summed E-state index contributed by atoms with van der Waals surface area (Å²) < 4.78 is 18.4. The molecular formula is C13H13IO4Se. The monoisotopic (exact) mass is 440 g/mol. The zero-order valence-corrected chi connectivity index (χ0v) is 14.4. The van der Waals surface area contributed by atoms with Crippen molar-refractivity contribution in [2.45, 2.75) is 6.92 Å². The van der Waals surface area contributed by atoms with Crippen molar-refractivity contribution in [1.29, 1.82) is 0 Å². The van der Waals surface area contributed by atoms with E-state index < -0.39 is 0 Å². The van der Waals surface area contributed by atoms with Crippen molar-refractivity contribution >= 4 is 52.7 Å². The molecule has 0 bridgehead atoms. The predicted molar refractivity (Wildman–Crippen MR) is 82.1 cm³/mol. The fourth-order valence-electron chi connectivity index (χ4n) is 1.65. The Morgan fingerprint density at radius 3 is 2.89 bits per heavy atom. The van der Waals surface area contributed by atoms with Crippen molar-refractivity contribution in [1.82, 2.24) is 0 Å². The van der Waals surface area contributed by atoms with E-state index in [-0.39, 0.29) is 27.3 Å². The van der Waals surface area contributed by atoms with Gasteiger partial charge in [0.05, 0.1) is 0 Å². The Morgan fingerprint density at radius 1 is 1.42 bits per heavy atom. The van der Waals surface area contributed by atoms with Crippen LogP contribution in [0.2, 0.25) is 0 Å². The van der Waals surface area contributed by atoms with E-state index in [2.05, 4.69) is 22.6 Å². The Labute approximate surface area is 130 Å². The molecule has 0 unspecified atom stereocenters. The van der Waals surface area contributed by atoms with Gasteiger partial charge in [-0.3, -0.25) is 0 Å². The third-order valence-corrected chi connectivity index (χ3v) is 6.69.